The van der Waals surface area contributed by atoms with Crippen LogP contribution >= 0.6 is 11.3 Å². The highest BCUT2D eigenvalue weighted by Gasteiger charge is 2.18. The first kappa shape index (κ1) is 19.1. The third-order valence-electron chi connectivity index (χ3n) is 4.76. The maximum atomic E-state index is 12.7. The number of nitrogens with zero attached hydrogens (tertiary/aromatic N) is 3. The van der Waals surface area contributed by atoms with Gasteiger partial charge in [-0.3, -0.25) is 4.98 Å². The highest BCUT2D eigenvalue weighted by molar-refractivity contribution is 7.13. The fourth-order valence-corrected chi connectivity index (χ4v) is 3.99. The molecule has 1 aromatic carbocycles. The molecular weight excluding hydrogens is 382 g/mol. The maximum absolute atomic E-state index is 12.7. The van der Waals surface area contributed by atoms with Gasteiger partial charge in [0, 0.05) is 29.5 Å². The van der Waals surface area contributed by atoms with E-state index in [-0.39, 0.29) is 12.6 Å². The SMILES string of the molecule is Cc1cc(C(=O)OCc2csc(-c3ccccn3)n2)c(C)n1Cc1ccccc1. The smallest absolute Gasteiger partial charge is 0.340 e. The van der Waals surface area contributed by atoms with E-state index < -0.39 is 0 Å². The second-order valence-corrected chi connectivity index (χ2v) is 7.65. The summed E-state index contributed by atoms with van der Waals surface area (Å²) in [4.78, 5) is 21.5. The molecule has 0 bridgehead atoms. The second kappa shape index (κ2) is 8.41. The van der Waals surface area contributed by atoms with Crippen LogP contribution in [-0.4, -0.2) is 20.5 Å². The predicted molar refractivity (Wildman–Crippen MR) is 114 cm³/mol. The number of benzene rings is 1. The van der Waals surface area contributed by atoms with E-state index in [1.165, 1.54) is 16.9 Å². The maximum Gasteiger partial charge on any atom is 0.340 e. The summed E-state index contributed by atoms with van der Waals surface area (Å²) in [7, 11) is 0. The highest BCUT2D eigenvalue weighted by atomic mass is 32.1. The number of rotatable bonds is 6. The largest absolute Gasteiger partial charge is 0.455 e. The third kappa shape index (κ3) is 4.27. The van der Waals surface area contributed by atoms with Gasteiger partial charge in [0.15, 0.2) is 0 Å². The lowest BCUT2D eigenvalue weighted by Gasteiger charge is -2.10. The van der Waals surface area contributed by atoms with Crippen LogP contribution in [0.4, 0.5) is 0 Å². The first-order valence-corrected chi connectivity index (χ1v) is 10.2. The van der Waals surface area contributed by atoms with Gasteiger partial charge in [-0.15, -0.1) is 11.3 Å². The van der Waals surface area contributed by atoms with Gasteiger partial charge >= 0.3 is 5.97 Å². The molecule has 29 heavy (non-hydrogen) atoms. The van der Waals surface area contributed by atoms with Crippen molar-refractivity contribution < 1.29 is 9.53 Å². The molecule has 0 aliphatic carbocycles. The number of carbonyl (C=O) groups excluding carboxylic acids is 1. The van der Waals surface area contributed by atoms with E-state index in [4.69, 9.17) is 4.74 Å². The van der Waals surface area contributed by atoms with Gasteiger partial charge in [0.2, 0.25) is 0 Å². The van der Waals surface area contributed by atoms with Gasteiger partial charge in [-0.2, -0.15) is 0 Å². The molecule has 0 saturated heterocycles. The number of ether oxygens (including phenoxy) is 1. The Bertz CT molecular complexity index is 1120. The van der Waals surface area contributed by atoms with E-state index >= 15 is 0 Å². The molecule has 5 nitrogen and oxygen atoms in total. The average Bonchev–Trinajstić information content (AvgIpc) is 3.34. The molecular formula is C23H21N3O2S. The zero-order valence-electron chi connectivity index (χ0n) is 16.3. The van der Waals surface area contributed by atoms with Gasteiger partial charge in [0.25, 0.3) is 0 Å². The monoisotopic (exact) mass is 403 g/mol. The van der Waals surface area contributed by atoms with Gasteiger partial charge < -0.3 is 9.30 Å². The molecule has 3 aromatic heterocycles. The minimum Gasteiger partial charge on any atom is -0.455 e. The number of hydrogen-bond donors (Lipinski definition) is 0. The molecule has 0 unspecified atom stereocenters. The first-order chi connectivity index (χ1) is 14.1. The van der Waals surface area contributed by atoms with E-state index in [0.717, 1.165) is 34.3 Å². The molecule has 0 saturated carbocycles. The fraction of sp³-hybridized carbons (Fsp3) is 0.174. The van der Waals surface area contributed by atoms with Crippen LogP contribution in [0.3, 0.4) is 0 Å². The van der Waals surface area contributed by atoms with Crippen molar-refractivity contribution in [1.82, 2.24) is 14.5 Å². The lowest BCUT2D eigenvalue weighted by atomic mass is 10.2. The van der Waals surface area contributed by atoms with Crippen molar-refractivity contribution in [3.8, 4) is 10.7 Å². The Morgan fingerprint density at radius 2 is 1.90 bits per heavy atom. The van der Waals surface area contributed by atoms with Crippen molar-refractivity contribution in [1.29, 1.82) is 0 Å². The van der Waals surface area contributed by atoms with Crippen molar-refractivity contribution in [3.63, 3.8) is 0 Å². The minimum atomic E-state index is -0.329. The van der Waals surface area contributed by atoms with Crippen LogP contribution in [0.25, 0.3) is 10.7 Å². The molecule has 0 spiro atoms. The van der Waals surface area contributed by atoms with E-state index in [9.17, 15) is 4.79 Å². The zero-order chi connectivity index (χ0) is 20.2. The van der Waals surface area contributed by atoms with Crippen molar-refractivity contribution in [3.05, 3.63) is 94.4 Å². The van der Waals surface area contributed by atoms with Crippen LogP contribution in [-0.2, 0) is 17.9 Å². The molecule has 0 aliphatic heterocycles. The lowest BCUT2D eigenvalue weighted by Crippen LogP contribution is -2.09. The molecule has 0 amide bonds. The van der Waals surface area contributed by atoms with Gasteiger partial charge in [-0.25, -0.2) is 9.78 Å². The second-order valence-electron chi connectivity index (χ2n) is 6.79. The minimum absolute atomic E-state index is 0.143. The van der Waals surface area contributed by atoms with Crippen LogP contribution < -0.4 is 0 Å². The van der Waals surface area contributed by atoms with E-state index in [0.29, 0.717) is 5.56 Å². The fourth-order valence-electron chi connectivity index (χ4n) is 3.21. The van der Waals surface area contributed by atoms with Crippen LogP contribution in [0.2, 0.25) is 0 Å². The number of aromatic nitrogens is 3. The summed E-state index contributed by atoms with van der Waals surface area (Å²) < 4.78 is 7.67. The highest BCUT2D eigenvalue weighted by Crippen LogP contribution is 2.23. The van der Waals surface area contributed by atoms with Crippen molar-refractivity contribution >= 4 is 17.3 Å². The number of hydrogen-bond acceptors (Lipinski definition) is 5. The van der Waals surface area contributed by atoms with Gasteiger partial charge in [-0.05, 0) is 37.6 Å². The number of pyridine rings is 1. The topological polar surface area (TPSA) is 57.0 Å². The normalized spacial score (nSPS) is 10.8. The number of carbonyl (C=O) groups is 1. The molecule has 4 aromatic rings. The zero-order valence-corrected chi connectivity index (χ0v) is 17.1. The van der Waals surface area contributed by atoms with Crippen LogP contribution in [0, 0.1) is 13.8 Å². The summed E-state index contributed by atoms with van der Waals surface area (Å²) >= 11 is 1.49. The van der Waals surface area contributed by atoms with Crippen LogP contribution in [0.1, 0.15) is 33.0 Å². The summed E-state index contributed by atoms with van der Waals surface area (Å²) in [5, 5.41) is 2.72. The molecule has 3 heterocycles. The summed E-state index contributed by atoms with van der Waals surface area (Å²) in [6.07, 6.45) is 1.74. The summed E-state index contributed by atoms with van der Waals surface area (Å²) in [5.41, 5.74) is 5.27. The molecule has 4 rings (SSSR count). The van der Waals surface area contributed by atoms with Crippen molar-refractivity contribution in [2.24, 2.45) is 0 Å². The quantitative estimate of drug-likeness (QED) is 0.424. The third-order valence-corrected chi connectivity index (χ3v) is 5.68. The van der Waals surface area contributed by atoms with E-state index in [2.05, 4.69) is 26.7 Å². The molecule has 146 valence electrons. The Labute approximate surface area is 173 Å². The number of aryl methyl sites for hydroxylation is 1. The molecule has 0 N–H and O–H groups in total. The van der Waals surface area contributed by atoms with Gasteiger partial charge in [-0.1, -0.05) is 36.4 Å². The number of thiazole rings is 1. The van der Waals surface area contributed by atoms with E-state index in [1.807, 2.05) is 61.7 Å². The molecule has 0 fully saturated rings. The van der Waals surface area contributed by atoms with Gasteiger partial charge in [0.1, 0.15) is 11.6 Å². The summed E-state index contributed by atoms with van der Waals surface area (Å²) in [6, 6.07) is 17.8. The van der Waals surface area contributed by atoms with E-state index in [1.54, 1.807) is 6.20 Å². The standard InChI is InChI=1S/C23H21N3O2S/c1-16-12-20(17(2)26(16)13-18-8-4-3-5-9-18)23(27)28-14-19-15-29-22(25-19)21-10-6-7-11-24-21/h3-12,15H,13-14H2,1-2H3. The Morgan fingerprint density at radius 3 is 2.66 bits per heavy atom. The van der Waals surface area contributed by atoms with Gasteiger partial charge in [0.05, 0.1) is 17.0 Å². The first-order valence-electron chi connectivity index (χ1n) is 9.35. The molecule has 0 atom stereocenters. The Hall–Kier alpha value is -3.25. The molecule has 6 heteroatoms. The lowest BCUT2D eigenvalue weighted by molar-refractivity contribution is 0.0467. The Kier molecular flexibility index (Phi) is 5.53. The molecule has 0 aliphatic rings. The summed E-state index contributed by atoms with van der Waals surface area (Å²) in [5.74, 6) is -0.329. The summed E-state index contributed by atoms with van der Waals surface area (Å²) in [6.45, 7) is 4.83. The average molecular weight is 404 g/mol. The number of esters is 1. The van der Waals surface area contributed by atoms with Crippen LogP contribution in [0.5, 0.6) is 0 Å². The Morgan fingerprint density at radius 1 is 1.10 bits per heavy atom. The van der Waals surface area contributed by atoms with Crippen LogP contribution in [0.15, 0.2) is 66.2 Å². The Balaban J connectivity index is 1.44. The predicted octanol–water partition coefficient (Wildman–Crippen LogP) is 5.03. The van der Waals surface area contributed by atoms with Crippen molar-refractivity contribution in [2.45, 2.75) is 27.0 Å². The molecule has 0 radical (unpaired) electrons. The van der Waals surface area contributed by atoms with Crippen molar-refractivity contribution in [2.75, 3.05) is 0 Å².